The minimum absolute atomic E-state index is 0.0661. The Morgan fingerprint density at radius 3 is 2.94 bits per heavy atom. The van der Waals surface area contributed by atoms with E-state index in [2.05, 4.69) is 13.5 Å². The molecule has 0 aliphatic carbocycles. The largest absolute Gasteiger partial charge is 0.284 e. The molecule has 0 saturated carbocycles. The average Bonchev–Trinajstić information content (AvgIpc) is 2.83. The van der Waals surface area contributed by atoms with E-state index in [0.717, 1.165) is 17.0 Å². The Balaban J connectivity index is 1.98. The highest BCUT2D eigenvalue weighted by molar-refractivity contribution is 7.86. The monoisotopic (exact) mass is 275 g/mol. The predicted octanol–water partition coefficient (Wildman–Crippen LogP) is 0.561. The van der Waals surface area contributed by atoms with Crippen molar-refractivity contribution in [1.29, 1.82) is 0 Å². The molecule has 0 bridgehead atoms. The van der Waals surface area contributed by atoms with Gasteiger partial charge in [0.05, 0.1) is 7.11 Å². The second kappa shape index (κ2) is 5.21. The van der Waals surface area contributed by atoms with Gasteiger partial charge in [-0.15, -0.1) is 0 Å². The smallest absolute Gasteiger partial charge is 0.280 e. The fourth-order valence-electron chi connectivity index (χ4n) is 1.61. The molecule has 0 atom stereocenters. The summed E-state index contributed by atoms with van der Waals surface area (Å²) in [6.07, 6.45) is 4.31. The first-order chi connectivity index (χ1) is 8.11. The quantitative estimate of drug-likeness (QED) is 0.748. The van der Waals surface area contributed by atoms with Crippen LogP contribution in [-0.2, 0) is 14.3 Å². The van der Waals surface area contributed by atoms with Crippen molar-refractivity contribution < 1.29 is 12.6 Å². The normalized spacial score (nSPS) is 18.1. The van der Waals surface area contributed by atoms with Gasteiger partial charge in [0, 0.05) is 13.1 Å². The number of rotatable bonds is 4. The van der Waals surface area contributed by atoms with Crippen LogP contribution in [0.5, 0.6) is 0 Å². The van der Waals surface area contributed by atoms with Gasteiger partial charge in [0.1, 0.15) is 17.2 Å². The zero-order chi connectivity index (χ0) is 12.3. The fourth-order valence-corrected chi connectivity index (χ4v) is 2.99. The van der Waals surface area contributed by atoms with E-state index in [4.69, 9.17) is 0 Å². The van der Waals surface area contributed by atoms with E-state index in [-0.39, 0.29) is 5.88 Å². The van der Waals surface area contributed by atoms with Gasteiger partial charge >= 0.3 is 0 Å². The van der Waals surface area contributed by atoms with E-state index >= 15 is 0 Å². The highest BCUT2D eigenvalue weighted by atomic mass is 32.2. The van der Waals surface area contributed by atoms with Gasteiger partial charge < -0.3 is 0 Å². The molecule has 0 fully saturated rings. The lowest BCUT2D eigenvalue weighted by atomic mass is 10.1. The molecule has 0 saturated heterocycles. The lowest BCUT2D eigenvalue weighted by Crippen LogP contribution is -2.33. The van der Waals surface area contributed by atoms with Gasteiger partial charge in [-0.2, -0.15) is 12.8 Å². The molecule has 1 aliphatic heterocycles. The molecule has 0 unspecified atom stereocenters. The Hall–Kier alpha value is -0.830. The molecule has 1 aromatic rings. The molecule has 17 heavy (non-hydrogen) atoms. The van der Waals surface area contributed by atoms with Gasteiger partial charge in [0.15, 0.2) is 0 Å². The summed E-state index contributed by atoms with van der Waals surface area (Å²) in [6, 6.07) is 0. The van der Waals surface area contributed by atoms with Crippen molar-refractivity contribution in [2.75, 3.05) is 26.1 Å². The van der Waals surface area contributed by atoms with Gasteiger partial charge in [-0.05, 0) is 23.5 Å². The first-order valence-electron chi connectivity index (χ1n) is 5.07. The first kappa shape index (κ1) is 12.6. The third-order valence-electron chi connectivity index (χ3n) is 2.52. The third-order valence-corrected chi connectivity index (χ3v) is 4.45. The molecular weight excluding hydrogens is 262 g/mol. The summed E-state index contributed by atoms with van der Waals surface area (Å²) < 4.78 is 30.9. The summed E-state index contributed by atoms with van der Waals surface area (Å²) in [5.41, 5.74) is 1.14. The standard InChI is InChI=1S/C9H13N3O3S2/c1-15-17(13,14)7-12-4-2-8(3-5-12)9-10-6-11-16-9/h2,6H,3-5,7H2,1H3. The van der Waals surface area contributed by atoms with Crippen LogP contribution in [0.15, 0.2) is 12.4 Å². The second-order valence-corrected chi connectivity index (χ2v) is 6.14. The van der Waals surface area contributed by atoms with E-state index < -0.39 is 10.1 Å². The van der Waals surface area contributed by atoms with Crippen molar-refractivity contribution in [3.63, 3.8) is 0 Å². The summed E-state index contributed by atoms with van der Waals surface area (Å²) in [5, 5.41) is 0.916. The molecular formula is C9H13N3O3S2. The van der Waals surface area contributed by atoms with Crippen LogP contribution in [0.1, 0.15) is 11.4 Å². The molecule has 94 valence electrons. The number of aromatic nitrogens is 2. The van der Waals surface area contributed by atoms with E-state index in [1.54, 1.807) is 0 Å². The van der Waals surface area contributed by atoms with Gasteiger partial charge in [0.25, 0.3) is 10.1 Å². The van der Waals surface area contributed by atoms with E-state index in [0.29, 0.717) is 13.1 Å². The molecule has 0 radical (unpaired) electrons. The number of hydrogen-bond acceptors (Lipinski definition) is 7. The Bertz CT molecular complexity index is 496. The van der Waals surface area contributed by atoms with Crippen molar-refractivity contribution in [3.05, 3.63) is 17.4 Å². The minimum atomic E-state index is -3.42. The Kier molecular flexibility index (Phi) is 3.87. The molecule has 2 rings (SSSR count). The first-order valence-corrected chi connectivity index (χ1v) is 7.42. The van der Waals surface area contributed by atoms with E-state index in [1.807, 2.05) is 11.0 Å². The van der Waals surface area contributed by atoms with E-state index in [1.165, 1.54) is 25.0 Å². The third kappa shape index (κ3) is 3.32. The van der Waals surface area contributed by atoms with Crippen LogP contribution >= 0.6 is 11.5 Å². The second-order valence-electron chi connectivity index (χ2n) is 3.66. The zero-order valence-corrected chi connectivity index (χ0v) is 11.0. The van der Waals surface area contributed by atoms with Gasteiger partial charge in [-0.1, -0.05) is 6.08 Å². The van der Waals surface area contributed by atoms with Gasteiger partial charge in [-0.3, -0.25) is 9.08 Å². The fraction of sp³-hybridized carbons (Fsp3) is 0.556. The average molecular weight is 275 g/mol. The lowest BCUT2D eigenvalue weighted by molar-refractivity contribution is 0.316. The zero-order valence-electron chi connectivity index (χ0n) is 9.37. The van der Waals surface area contributed by atoms with Crippen molar-refractivity contribution in [2.45, 2.75) is 6.42 Å². The van der Waals surface area contributed by atoms with Crippen LogP contribution in [0.2, 0.25) is 0 Å². The van der Waals surface area contributed by atoms with Crippen LogP contribution < -0.4 is 0 Å². The van der Waals surface area contributed by atoms with Gasteiger partial charge in [-0.25, -0.2) is 4.98 Å². The molecule has 1 aromatic heterocycles. The summed E-state index contributed by atoms with van der Waals surface area (Å²) in [5.74, 6) is -0.0661. The summed E-state index contributed by atoms with van der Waals surface area (Å²) >= 11 is 1.36. The SMILES string of the molecule is COS(=O)(=O)CN1CC=C(c2ncns2)CC1. The molecule has 0 spiro atoms. The molecule has 2 heterocycles. The van der Waals surface area contributed by atoms with Gasteiger partial charge in [0.2, 0.25) is 0 Å². The highest BCUT2D eigenvalue weighted by Gasteiger charge is 2.19. The predicted molar refractivity (Wildman–Crippen MR) is 64.9 cm³/mol. The van der Waals surface area contributed by atoms with Crippen LogP contribution in [0.4, 0.5) is 0 Å². The minimum Gasteiger partial charge on any atom is -0.284 e. The van der Waals surface area contributed by atoms with E-state index in [9.17, 15) is 8.42 Å². The molecule has 6 nitrogen and oxygen atoms in total. The van der Waals surface area contributed by atoms with Crippen LogP contribution in [0.3, 0.4) is 0 Å². The Morgan fingerprint density at radius 2 is 2.41 bits per heavy atom. The Morgan fingerprint density at radius 1 is 1.59 bits per heavy atom. The number of nitrogens with zero attached hydrogens (tertiary/aromatic N) is 3. The van der Waals surface area contributed by atoms with Crippen LogP contribution in [0.25, 0.3) is 5.57 Å². The van der Waals surface area contributed by atoms with Crippen molar-refractivity contribution in [2.24, 2.45) is 0 Å². The van der Waals surface area contributed by atoms with Crippen LogP contribution in [0, 0.1) is 0 Å². The van der Waals surface area contributed by atoms with Crippen molar-refractivity contribution >= 4 is 27.2 Å². The molecule has 0 N–H and O–H groups in total. The maximum Gasteiger partial charge on any atom is 0.280 e. The number of hydrogen-bond donors (Lipinski definition) is 0. The van der Waals surface area contributed by atoms with Crippen molar-refractivity contribution in [3.8, 4) is 0 Å². The summed E-state index contributed by atoms with van der Waals surface area (Å²) in [4.78, 5) is 5.96. The molecule has 0 aromatic carbocycles. The highest BCUT2D eigenvalue weighted by Crippen LogP contribution is 2.22. The molecule has 1 aliphatic rings. The lowest BCUT2D eigenvalue weighted by Gasteiger charge is -2.24. The maximum atomic E-state index is 11.3. The topological polar surface area (TPSA) is 72.4 Å². The maximum absolute atomic E-state index is 11.3. The summed E-state index contributed by atoms with van der Waals surface area (Å²) in [6.45, 7) is 1.28. The Labute approximate surface area is 104 Å². The molecule has 8 heteroatoms. The summed E-state index contributed by atoms with van der Waals surface area (Å²) in [7, 11) is -2.24. The van der Waals surface area contributed by atoms with Crippen LogP contribution in [-0.4, -0.2) is 48.8 Å². The molecule has 0 amide bonds. The van der Waals surface area contributed by atoms with Crippen molar-refractivity contribution in [1.82, 2.24) is 14.3 Å².